The summed E-state index contributed by atoms with van der Waals surface area (Å²) in [6.07, 6.45) is 0.755. The number of fused-ring (bicyclic) bond motifs is 1. The van der Waals surface area contributed by atoms with Gasteiger partial charge in [0.1, 0.15) is 0 Å². The summed E-state index contributed by atoms with van der Waals surface area (Å²) in [5.41, 5.74) is 5.62. The number of nitrogens with zero attached hydrogens (tertiary/aromatic N) is 1. The molecule has 0 aromatic heterocycles. The highest BCUT2D eigenvalue weighted by Crippen LogP contribution is 2.30. The van der Waals surface area contributed by atoms with Gasteiger partial charge in [0.05, 0.1) is 4.90 Å². The van der Waals surface area contributed by atoms with Gasteiger partial charge in [-0.25, -0.2) is 13.1 Å². The summed E-state index contributed by atoms with van der Waals surface area (Å²) in [4.78, 5) is 14.9. The number of aryl methyl sites for hydroxylation is 2. The highest BCUT2D eigenvalue weighted by atomic mass is 32.2. The standard InChI is InChI=1S/C24H24N2O3S/c1-17-3-8-20(9-4-17)24(27)26-14-13-21-15-19(7-12-23(21)26)16-25-30(28,29)22-10-5-18(2)6-11-22/h3-12,15,25H,13-14,16H2,1-2H3. The maximum atomic E-state index is 12.9. The Morgan fingerprint density at radius 2 is 1.57 bits per heavy atom. The van der Waals surface area contributed by atoms with Gasteiger partial charge in [0.15, 0.2) is 0 Å². The van der Waals surface area contributed by atoms with E-state index < -0.39 is 10.0 Å². The molecular weight excluding hydrogens is 396 g/mol. The van der Waals surface area contributed by atoms with Gasteiger partial charge in [0, 0.05) is 24.3 Å². The molecule has 0 saturated heterocycles. The van der Waals surface area contributed by atoms with Crippen molar-refractivity contribution in [1.29, 1.82) is 0 Å². The van der Waals surface area contributed by atoms with E-state index in [4.69, 9.17) is 0 Å². The first-order valence-electron chi connectivity index (χ1n) is 9.90. The van der Waals surface area contributed by atoms with Crippen LogP contribution in [0.15, 0.2) is 71.6 Å². The van der Waals surface area contributed by atoms with Gasteiger partial charge in [-0.3, -0.25) is 4.79 Å². The molecule has 0 atom stereocenters. The van der Waals surface area contributed by atoms with E-state index in [1.165, 1.54) is 0 Å². The molecule has 1 aliphatic heterocycles. The van der Waals surface area contributed by atoms with E-state index in [-0.39, 0.29) is 17.3 Å². The fourth-order valence-corrected chi connectivity index (χ4v) is 4.62. The van der Waals surface area contributed by atoms with Crippen molar-refractivity contribution in [2.45, 2.75) is 31.7 Å². The molecule has 1 N–H and O–H groups in total. The van der Waals surface area contributed by atoms with Crippen LogP contribution in [0.2, 0.25) is 0 Å². The lowest BCUT2D eigenvalue weighted by Gasteiger charge is -2.18. The Labute approximate surface area is 177 Å². The SMILES string of the molecule is Cc1ccc(C(=O)N2CCc3cc(CNS(=O)(=O)c4ccc(C)cc4)ccc32)cc1. The second kappa shape index (κ2) is 8.05. The van der Waals surface area contributed by atoms with Crippen LogP contribution in [0.5, 0.6) is 0 Å². The monoisotopic (exact) mass is 420 g/mol. The molecule has 6 heteroatoms. The van der Waals surface area contributed by atoms with Gasteiger partial charge in [-0.15, -0.1) is 0 Å². The van der Waals surface area contributed by atoms with E-state index in [0.29, 0.717) is 12.1 Å². The first-order valence-corrected chi connectivity index (χ1v) is 11.4. The Morgan fingerprint density at radius 1 is 0.933 bits per heavy atom. The number of anilines is 1. The molecule has 0 bridgehead atoms. The van der Waals surface area contributed by atoms with E-state index >= 15 is 0 Å². The lowest BCUT2D eigenvalue weighted by Crippen LogP contribution is -2.28. The van der Waals surface area contributed by atoms with Gasteiger partial charge in [-0.1, -0.05) is 47.5 Å². The summed E-state index contributed by atoms with van der Waals surface area (Å²) in [6, 6.07) is 20.1. The van der Waals surface area contributed by atoms with E-state index in [9.17, 15) is 13.2 Å². The third-order valence-corrected chi connectivity index (χ3v) is 6.80. The maximum absolute atomic E-state index is 12.9. The molecule has 1 heterocycles. The van der Waals surface area contributed by atoms with Gasteiger partial charge < -0.3 is 4.90 Å². The van der Waals surface area contributed by atoms with Crippen molar-refractivity contribution in [2.75, 3.05) is 11.4 Å². The molecule has 1 aliphatic rings. The Balaban J connectivity index is 1.48. The molecule has 154 valence electrons. The molecule has 0 saturated carbocycles. The van der Waals surface area contributed by atoms with Crippen LogP contribution >= 0.6 is 0 Å². The molecule has 5 nitrogen and oxygen atoms in total. The van der Waals surface area contributed by atoms with Crippen molar-refractivity contribution in [3.63, 3.8) is 0 Å². The first-order chi connectivity index (χ1) is 14.3. The summed E-state index contributed by atoms with van der Waals surface area (Å²) in [5.74, 6) is -0.0124. The Bertz CT molecular complexity index is 1180. The number of sulfonamides is 1. The van der Waals surface area contributed by atoms with Crippen molar-refractivity contribution < 1.29 is 13.2 Å². The Morgan fingerprint density at radius 3 is 2.23 bits per heavy atom. The number of benzene rings is 3. The first kappa shape index (κ1) is 20.3. The summed E-state index contributed by atoms with van der Waals surface area (Å²) < 4.78 is 27.7. The van der Waals surface area contributed by atoms with Crippen LogP contribution in [0.4, 0.5) is 5.69 Å². The van der Waals surface area contributed by atoms with Crippen LogP contribution in [0, 0.1) is 13.8 Å². The lowest BCUT2D eigenvalue weighted by atomic mass is 10.1. The van der Waals surface area contributed by atoms with Crippen molar-refractivity contribution >= 4 is 21.6 Å². The number of amides is 1. The molecule has 3 aromatic rings. The average Bonchev–Trinajstić information content (AvgIpc) is 3.16. The van der Waals surface area contributed by atoms with Crippen LogP contribution in [0.3, 0.4) is 0 Å². The minimum Gasteiger partial charge on any atom is -0.308 e. The van der Waals surface area contributed by atoms with E-state index in [2.05, 4.69) is 4.72 Å². The maximum Gasteiger partial charge on any atom is 0.258 e. The molecule has 0 spiro atoms. The highest BCUT2D eigenvalue weighted by Gasteiger charge is 2.26. The smallest absolute Gasteiger partial charge is 0.258 e. The predicted molar refractivity (Wildman–Crippen MR) is 118 cm³/mol. The number of hydrogen-bond acceptors (Lipinski definition) is 3. The minimum absolute atomic E-state index is 0.0124. The van der Waals surface area contributed by atoms with E-state index in [1.54, 1.807) is 29.2 Å². The van der Waals surface area contributed by atoms with Gasteiger partial charge in [-0.2, -0.15) is 0 Å². The molecule has 3 aromatic carbocycles. The van der Waals surface area contributed by atoms with Crippen LogP contribution in [-0.2, 0) is 23.0 Å². The van der Waals surface area contributed by atoms with Gasteiger partial charge in [0.2, 0.25) is 10.0 Å². The molecular formula is C24H24N2O3S. The molecule has 0 unspecified atom stereocenters. The second-order valence-corrected chi connectivity index (χ2v) is 9.44. The zero-order valence-electron chi connectivity index (χ0n) is 17.1. The summed E-state index contributed by atoms with van der Waals surface area (Å²) in [5, 5.41) is 0. The number of hydrogen-bond donors (Lipinski definition) is 1. The van der Waals surface area contributed by atoms with E-state index in [0.717, 1.165) is 34.4 Å². The van der Waals surface area contributed by atoms with Crippen LogP contribution in [-0.4, -0.2) is 20.9 Å². The molecule has 0 aliphatic carbocycles. The normalized spacial score (nSPS) is 13.3. The molecule has 4 rings (SSSR count). The van der Waals surface area contributed by atoms with Crippen molar-refractivity contribution in [3.8, 4) is 0 Å². The summed E-state index contributed by atoms with van der Waals surface area (Å²) >= 11 is 0. The van der Waals surface area contributed by atoms with Crippen LogP contribution in [0.1, 0.15) is 32.6 Å². The van der Waals surface area contributed by atoms with Gasteiger partial charge in [0.25, 0.3) is 5.91 Å². The quantitative estimate of drug-likeness (QED) is 0.679. The van der Waals surface area contributed by atoms with E-state index in [1.807, 2.05) is 56.3 Å². The third kappa shape index (κ3) is 4.15. The van der Waals surface area contributed by atoms with Crippen molar-refractivity contribution in [1.82, 2.24) is 4.72 Å². The van der Waals surface area contributed by atoms with Crippen molar-refractivity contribution in [3.05, 3.63) is 94.5 Å². The highest BCUT2D eigenvalue weighted by molar-refractivity contribution is 7.89. The fourth-order valence-electron chi connectivity index (χ4n) is 3.61. The molecule has 30 heavy (non-hydrogen) atoms. The summed E-state index contributed by atoms with van der Waals surface area (Å²) in [7, 11) is -3.57. The van der Waals surface area contributed by atoms with Gasteiger partial charge in [-0.05, 0) is 61.7 Å². The Kier molecular flexibility index (Phi) is 5.45. The number of rotatable bonds is 5. The largest absolute Gasteiger partial charge is 0.308 e. The third-order valence-electron chi connectivity index (χ3n) is 5.38. The topological polar surface area (TPSA) is 66.5 Å². The lowest BCUT2D eigenvalue weighted by molar-refractivity contribution is 0.0989. The van der Waals surface area contributed by atoms with Crippen LogP contribution < -0.4 is 9.62 Å². The number of carbonyl (C=O) groups is 1. The van der Waals surface area contributed by atoms with Crippen LogP contribution in [0.25, 0.3) is 0 Å². The zero-order valence-corrected chi connectivity index (χ0v) is 17.9. The Hall–Kier alpha value is -2.96. The molecule has 0 fully saturated rings. The fraction of sp³-hybridized carbons (Fsp3) is 0.208. The summed E-state index contributed by atoms with van der Waals surface area (Å²) in [6.45, 7) is 4.74. The second-order valence-electron chi connectivity index (χ2n) is 7.67. The average molecular weight is 421 g/mol. The minimum atomic E-state index is -3.57. The van der Waals surface area contributed by atoms with Crippen molar-refractivity contribution in [2.24, 2.45) is 0 Å². The zero-order chi connectivity index (χ0) is 21.3. The predicted octanol–water partition coefficient (Wildman–Crippen LogP) is 3.98. The molecule has 1 amide bonds. The number of carbonyl (C=O) groups excluding carboxylic acids is 1. The van der Waals surface area contributed by atoms with Gasteiger partial charge >= 0.3 is 0 Å². The molecule has 0 radical (unpaired) electrons. The number of nitrogens with one attached hydrogen (secondary N) is 1.